The zero-order valence-electron chi connectivity index (χ0n) is 23.9. The van der Waals surface area contributed by atoms with Crippen LogP contribution in [0.1, 0.15) is 56.3 Å². The molecular weight excluding hydrogens is 649 g/mol. The molecule has 0 spiro atoms. The monoisotopic (exact) mass is 681 g/mol. The first-order valence-corrected chi connectivity index (χ1v) is 15.4. The van der Waals surface area contributed by atoms with E-state index in [2.05, 4.69) is 71.3 Å². The summed E-state index contributed by atoms with van der Waals surface area (Å²) in [7, 11) is 0. The van der Waals surface area contributed by atoms with E-state index in [0.29, 0.717) is 31.9 Å². The predicted octanol–water partition coefficient (Wildman–Crippen LogP) is 5.60. The lowest BCUT2D eigenvalue weighted by Gasteiger charge is -2.26. The molecule has 1 atom stereocenters. The zero-order chi connectivity index (χ0) is 29.4. The molecule has 2 aromatic heterocycles. The number of allylic oxidation sites excluding steroid dienone is 1. The van der Waals surface area contributed by atoms with Gasteiger partial charge in [0.2, 0.25) is 0 Å². The molecule has 0 N–H and O–H groups in total. The fourth-order valence-electron chi connectivity index (χ4n) is 5.22. The Balaban J connectivity index is 1.71. The van der Waals surface area contributed by atoms with Crippen molar-refractivity contribution in [1.82, 2.24) is 9.13 Å². The van der Waals surface area contributed by atoms with E-state index in [1.807, 2.05) is 44.2 Å². The first-order chi connectivity index (χ1) is 19.6. The van der Waals surface area contributed by atoms with E-state index in [1.165, 1.54) is 14.9 Å². The second kappa shape index (κ2) is 11.8. The largest absolute Gasteiger partial charge is 0.491 e. The van der Waals surface area contributed by atoms with E-state index in [9.17, 15) is 9.59 Å². The molecule has 9 heteroatoms. The third-order valence-electron chi connectivity index (χ3n) is 6.94. The number of halogens is 1. The molecule has 0 radical (unpaired) electrons. The molecule has 1 aliphatic heterocycles. The maximum atomic E-state index is 14.1. The second-order valence-electron chi connectivity index (χ2n) is 10.1. The molecule has 0 amide bonds. The number of benzene rings is 2. The van der Waals surface area contributed by atoms with E-state index in [4.69, 9.17) is 14.5 Å². The number of ether oxygens (including phenoxy) is 2. The summed E-state index contributed by atoms with van der Waals surface area (Å²) in [6.07, 6.45) is 1.83. The highest BCUT2D eigenvalue weighted by molar-refractivity contribution is 14.1. The van der Waals surface area contributed by atoms with Gasteiger partial charge in [-0.2, -0.15) is 0 Å². The molecule has 0 aliphatic carbocycles. The quantitative estimate of drug-likeness (QED) is 0.188. The van der Waals surface area contributed by atoms with Gasteiger partial charge in [0.15, 0.2) is 4.80 Å². The number of fused-ring (bicyclic) bond motifs is 1. The molecule has 2 aromatic carbocycles. The van der Waals surface area contributed by atoms with E-state index in [-0.39, 0.29) is 18.3 Å². The van der Waals surface area contributed by atoms with Gasteiger partial charge in [0, 0.05) is 26.2 Å². The average Bonchev–Trinajstić information content (AvgIpc) is 3.38. The van der Waals surface area contributed by atoms with Crippen LogP contribution >= 0.6 is 33.9 Å². The molecule has 1 aliphatic rings. The smallest absolute Gasteiger partial charge is 0.338 e. The summed E-state index contributed by atoms with van der Waals surface area (Å²) in [4.78, 5) is 32.7. The van der Waals surface area contributed by atoms with Gasteiger partial charge >= 0.3 is 5.97 Å². The summed E-state index contributed by atoms with van der Waals surface area (Å²) >= 11 is 3.62. The number of aromatic nitrogens is 2. The average molecular weight is 682 g/mol. The standard InChI is InChI=1S/C32H32IN3O4S/c1-7-39-31(38)28-20(5)34-32-36(29(28)25-10-8-9-11-26(25)40-18(2)3)30(37)27(41-32)17-22-16-19(4)35(21(22)6)24-14-12-23(33)13-15-24/h8-18,29H,7H2,1-6H3/b27-17-/t29-/m1/s1. The molecule has 0 saturated heterocycles. The van der Waals surface area contributed by atoms with Gasteiger partial charge in [0.05, 0.1) is 28.5 Å². The van der Waals surface area contributed by atoms with Crippen LogP contribution in [0, 0.1) is 17.4 Å². The van der Waals surface area contributed by atoms with Crippen molar-refractivity contribution >= 4 is 46.0 Å². The Bertz CT molecular complexity index is 1840. The number of aryl methyl sites for hydroxylation is 1. The molecule has 4 aromatic rings. The Morgan fingerprint density at radius 3 is 2.51 bits per heavy atom. The van der Waals surface area contributed by atoms with Crippen molar-refractivity contribution in [3.05, 3.63) is 112 Å². The Hall–Kier alpha value is -3.44. The highest BCUT2D eigenvalue weighted by Gasteiger charge is 2.35. The maximum absolute atomic E-state index is 14.1. The van der Waals surface area contributed by atoms with E-state index in [1.54, 1.807) is 18.4 Å². The lowest BCUT2D eigenvalue weighted by molar-refractivity contribution is -0.139. The second-order valence-corrected chi connectivity index (χ2v) is 12.4. The van der Waals surface area contributed by atoms with Crippen LogP contribution in [-0.4, -0.2) is 27.8 Å². The van der Waals surface area contributed by atoms with Crippen LogP contribution in [0.4, 0.5) is 0 Å². The van der Waals surface area contributed by atoms with Gasteiger partial charge in [-0.1, -0.05) is 29.5 Å². The number of hydrogen-bond donors (Lipinski definition) is 0. The van der Waals surface area contributed by atoms with Crippen molar-refractivity contribution in [3.8, 4) is 11.4 Å². The van der Waals surface area contributed by atoms with Crippen LogP contribution in [0.15, 0.2) is 75.7 Å². The number of carbonyl (C=O) groups excluding carboxylic acids is 1. The molecule has 41 heavy (non-hydrogen) atoms. The molecule has 0 fully saturated rings. The van der Waals surface area contributed by atoms with Gasteiger partial charge < -0.3 is 14.0 Å². The summed E-state index contributed by atoms with van der Waals surface area (Å²) < 4.78 is 17.1. The zero-order valence-corrected chi connectivity index (χ0v) is 26.9. The van der Waals surface area contributed by atoms with E-state index >= 15 is 0 Å². The molecule has 0 unspecified atom stereocenters. The third-order valence-corrected chi connectivity index (χ3v) is 8.64. The number of esters is 1. The number of nitrogens with zero attached hydrogens (tertiary/aromatic N) is 3. The Morgan fingerprint density at radius 1 is 1.12 bits per heavy atom. The summed E-state index contributed by atoms with van der Waals surface area (Å²) in [6, 6.07) is 17.2. The van der Waals surface area contributed by atoms with Crippen LogP contribution in [-0.2, 0) is 9.53 Å². The number of rotatable bonds is 7. The highest BCUT2D eigenvalue weighted by atomic mass is 127. The topological polar surface area (TPSA) is 74.8 Å². The third kappa shape index (κ3) is 5.57. The number of hydrogen-bond acceptors (Lipinski definition) is 6. The molecule has 0 saturated carbocycles. The van der Waals surface area contributed by atoms with Gasteiger partial charge in [-0.05, 0) is 112 Å². The van der Waals surface area contributed by atoms with Crippen molar-refractivity contribution in [2.45, 2.75) is 53.7 Å². The molecule has 0 bridgehead atoms. The molecular formula is C32H32IN3O4S. The first-order valence-electron chi connectivity index (χ1n) is 13.5. The Labute approximate surface area is 256 Å². The first kappa shape index (κ1) is 29.1. The van der Waals surface area contributed by atoms with Gasteiger partial charge in [-0.3, -0.25) is 9.36 Å². The minimum absolute atomic E-state index is 0.0913. The number of carbonyl (C=O) groups is 1. The summed E-state index contributed by atoms with van der Waals surface area (Å²) in [5.74, 6) is 0.119. The van der Waals surface area contributed by atoms with Gasteiger partial charge in [-0.25, -0.2) is 9.79 Å². The van der Waals surface area contributed by atoms with Gasteiger partial charge in [0.1, 0.15) is 11.8 Å². The van der Waals surface area contributed by atoms with Gasteiger partial charge in [-0.15, -0.1) is 0 Å². The highest BCUT2D eigenvalue weighted by Crippen LogP contribution is 2.36. The van der Waals surface area contributed by atoms with Crippen molar-refractivity contribution < 1.29 is 14.3 Å². The normalized spacial score (nSPS) is 15.2. The minimum Gasteiger partial charge on any atom is -0.491 e. The Morgan fingerprint density at radius 2 is 1.83 bits per heavy atom. The van der Waals surface area contributed by atoms with Crippen molar-refractivity contribution in [2.75, 3.05) is 6.61 Å². The predicted molar refractivity (Wildman–Crippen MR) is 171 cm³/mol. The summed E-state index contributed by atoms with van der Waals surface area (Å²) in [5.41, 5.74) is 5.48. The van der Waals surface area contributed by atoms with Crippen LogP contribution < -0.4 is 19.6 Å². The van der Waals surface area contributed by atoms with Crippen LogP contribution in [0.5, 0.6) is 5.75 Å². The lowest BCUT2D eigenvalue weighted by Crippen LogP contribution is -2.40. The van der Waals surface area contributed by atoms with Crippen LogP contribution in [0.3, 0.4) is 0 Å². The van der Waals surface area contributed by atoms with E-state index < -0.39 is 12.0 Å². The molecule has 7 nitrogen and oxygen atoms in total. The summed E-state index contributed by atoms with van der Waals surface area (Å²) in [6.45, 7) is 11.8. The summed E-state index contributed by atoms with van der Waals surface area (Å²) in [5, 5.41) is 0. The SMILES string of the molecule is CCOC(=O)C1=C(C)N=c2s/c(=C\c3cc(C)n(-c4ccc(I)cc4)c3C)c(=O)n2[C@@H]1c1ccccc1OC(C)C. The van der Waals surface area contributed by atoms with E-state index in [0.717, 1.165) is 22.6 Å². The maximum Gasteiger partial charge on any atom is 0.338 e. The minimum atomic E-state index is -0.735. The van der Waals surface area contributed by atoms with Crippen LogP contribution in [0.2, 0.25) is 0 Å². The molecule has 212 valence electrons. The van der Waals surface area contributed by atoms with Crippen molar-refractivity contribution in [3.63, 3.8) is 0 Å². The van der Waals surface area contributed by atoms with Crippen LogP contribution in [0.25, 0.3) is 11.8 Å². The number of thiazole rings is 1. The number of para-hydroxylation sites is 1. The van der Waals surface area contributed by atoms with Crippen molar-refractivity contribution in [2.24, 2.45) is 4.99 Å². The fourth-order valence-corrected chi connectivity index (χ4v) is 6.61. The molecule has 3 heterocycles. The van der Waals surface area contributed by atoms with Gasteiger partial charge in [0.25, 0.3) is 5.56 Å². The lowest BCUT2D eigenvalue weighted by atomic mass is 9.95. The fraction of sp³-hybridized carbons (Fsp3) is 0.281. The Kier molecular flexibility index (Phi) is 8.37. The molecule has 5 rings (SSSR count). The van der Waals surface area contributed by atoms with Crippen molar-refractivity contribution in [1.29, 1.82) is 0 Å².